The predicted molar refractivity (Wildman–Crippen MR) is 46.8 cm³/mol. The molecule has 0 spiro atoms. The molecule has 4 heteroatoms. The summed E-state index contributed by atoms with van der Waals surface area (Å²) in [7, 11) is 0. The molecule has 0 unspecified atom stereocenters. The van der Waals surface area contributed by atoms with Gasteiger partial charge in [0.2, 0.25) is 0 Å². The zero-order chi connectivity index (χ0) is 10.8. The first-order chi connectivity index (χ1) is 6.43. The lowest BCUT2D eigenvalue weighted by Crippen LogP contribution is -2.22. The van der Waals surface area contributed by atoms with E-state index in [0.717, 1.165) is 6.07 Å². The Hall–Kier alpha value is -1.45. The van der Waals surface area contributed by atoms with Gasteiger partial charge < -0.3 is 5.11 Å². The number of rotatable bonds is 3. The minimum Gasteiger partial charge on any atom is -0.507 e. The highest BCUT2D eigenvalue weighted by Crippen LogP contribution is 2.26. The Kier molecular flexibility index (Phi) is 2.84. The molecule has 1 N–H and O–H groups in total. The third kappa shape index (κ3) is 2.28. The van der Waals surface area contributed by atoms with E-state index >= 15 is 0 Å². The first kappa shape index (κ1) is 10.6. The Morgan fingerprint density at radius 1 is 1.36 bits per heavy atom. The van der Waals surface area contributed by atoms with Crippen LogP contribution in [0.4, 0.5) is 13.2 Å². The van der Waals surface area contributed by atoms with E-state index in [4.69, 9.17) is 5.11 Å². The van der Waals surface area contributed by atoms with Crippen molar-refractivity contribution < 1.29 is 18.3 Å². The maximum absolute atomic E-state index is 12.9. The van der Waals surface area contributed by atoms with Gasteiger partial charge in [-0.15, -0.1) is 0 Å². The molecule has 1 aromatic rings. The molecule has 0 amide bonds. The molecule has 0 radical (unpaired) electrons. The fraction of sp³-hybridized carbons (Fsp3) is 0.200. The van der Waals surface area contributed by atoms with E-state index < -0.39 is 23.9 Å². The third-order valence-electron chi connectivity index (χ3n) is 1.79. The van der Waals surface area contributed by atoms with Gasteiger partial charge in [0.25, 0.3) is 0 Å². The van der Waals surface area contributed by atoms with Crippen molar-refractivity contribution in [2.45, 2.75) is 12.3 Å². The van der Waals surface area contributed by atoms with E-state index in [1.54, 1.807) is 0 Å². The minimum absolute atomic E-state index is 0.146. The normalized spacial score (nSPS) is 11.4. The van der Waals surface area contributed by atoms with Gasteiger partial charge in [-0.05, 0) is 11.6 Å². The van der Waals surface area contributed by atoms with Crippen molar-refractivity contribution in [2.75, 3.05) is 0 Å². The van der Waals surface area contributed by atoms with Gasteiger partial charge in [-0.3, -0.25) is 0 Å². The molecule has 1 nitrogen and oxygen atoms in total. The second-order valence-corrected chi connectivity index (χ2v) is 2.92. The van der Waals surface area contributed by atoms with Crippen LogP contribution in [0, 0.1) is 5.82 Å². The molecule has 0 heterocycles. The summed E-state index contributed by atoms with van der Waals surface area (Å²) in [6.45, 7) is 2.74. The van der Waals surface area contributed by atoms with E-state index in [1.807, 2.05) is 0 Å². The first-order valence-electron chi connectivity index (χ1n) is 3.93. The standard InChI is InChI=1S/C10H9F3O/c1-7(14)10(12,13)6-8-4-2-3-5-9(8)11/h2-5,14H,1,6H2. The van der Waals surface area contributed by atoms with Crippen LogP contribution < -0.4 is 0 Å². The fourth-order valence-corrected chi connectivity index (χ4v) is 0.983. The maximum Gasteiger partial charge on any atom is 0.307 e. The van der Waals surface area contributed by atoms with Gasteiger partial charge in [0.1, 0.15) is 5.82 Å². The molecule has 0 aliphatic rings. The summed E-state index contributed by atoms with van der Waals surface area (Å²) in [6.07, 6.45) is -0.880. The van der Waals surface area contributed by atoms with E-state index in [-0.39, 0.29) is 5.56 Å². The lowest BCUT2D eigenvalue weighted by molar-refractivity contribution is 0.000438. The average molecular weight is 202 g/mol. The lowest BCUT2D eigenvalue weighted by atomic mass is 10.1. The Labute approximate surface area is 79.5 Å². The van der Waals surface area contributed by atoms with Gasteiger partial charge in [0.05, 0.1) is 0 Å². The predicted octanol–water partition coefficient (Wildman–Crippen LogP) is 3.08. The van der Waals surface area contributed by atoms with Gasteiger partial charge in [0.15, 0.2) is 5.76 Å². The van der Waals surface area contributed by atoms with Gasteiger partial charge in [-0.25, -0.2) is 4.39 Å². The van der Waals surface area contributed by atoms with Crippen LogP contribution >= 0.6 is 0 Å². The van der Waals surface area contributed by atoms with Crippen molar-refractivity contribution in [3.05, 3.63) is 48.0 Å². The van der Waals surface area contributed by atoms with Gasteiger partial charge in [-0.2, -0.15) is 8.78 Å². The summed E-state index contributed by atoms with van der Waals surface area (Å²) < 4.78 is 38.7. The van der Waals surface area contributed by atoms with Gasteiger partial charge in [0, 0.05) is 6.42 Å². The highest BCUT2D eigenvalue weighted by Gasteiger charge is 2.34. The van der Waals surface area contributed by atoms with Gasteiger partial charge in [-0.1, -0.05) is 24.8 Å². The molecule has 0 saturated carbocycles. The van der Waals surface area contributed by atoms with Crippen molar-refractivity contribution in [1.29, 1.82) is 0 Å². The van der Waals surface area contributed by atoms with E-state index in [1.165, 1.54) is 18.2 Å². The topological polar surface area (TPSA) is 20.2 Å². The van der Waals surface area contributed by atoms with Crippen molar-refractivity contribution in [2.24, 2.45) is 0 Å². The molecular weight excluding hydrogens is 193 g/mol. The van der Waals surface area contributed by atoms with Crippen LogP contribution in [0.1, 0.15) is 5.56 Å². The average Bonchev–Trinajstić information content (AvgIpc) is 2.08. The molecule has 76 valence electrons. The molecule has 14 heavy (non-hydrogen) atoms. The molecular formula is C10H9F3O. The molecule has 0 aliphatic carbocycles. The Bertz CT molecular complexity index is 347. The SMILES string of the molecule is C=C(O)C(F)(F)Cc1ccccc1F. The van der Waals surface area contributed by atoms with E-state index in [0.29, 0.717) is 0 Å². The second-order valence-electron chi connectivity index (χ2n) is 2.92. The number of benzene rings is 1. The summed E-state index contributed by atoms with van der Waals surface area (Å²) in [5, 5.41) is 8.57. The van der Waals surface area contributed by atoms with Crippen molar-refractivity contribution >= 4 is 0 Å². The summed E-state index contributed by atoms with van der Waals surface area (Å²) in [5.41, 5.74) is -0.146. The number of hydrogen-bond acceptors (Lipinski definition) is 1. The Balaban J connectivity index is 2.89. The number of allylic oxidation sites excluding steroid dienone is 1. The third-order valence-corrected chi connectivity index (χ3v) is 1.79. The monoisotopic (exact) mass is 202 g/mol. The van der Waals surface area contributed by atoms with Crippen LogP contribution in [0.2, 0.25) is 0 Å². The highest BCUT2D eigenvalue weighted by molar-refractivity contribution is 5.20. The molecule has 0 aliphatic heterocycles. The number of aliphatic hydroxyl groups excluding tert-OH is 1. The number of halogens is 3. The van der Waals surface area contributed by atoms with Crippen molar-refractivity contribution in [3.8, 4) is 0 Å². The van der Waals surface area contributed by atoms with Crippen molar-refractivity contribution in [1.82, 2.24) is 0 Å². The second kappa shape index (κ2) is 3.74. The largest absolute Gasteiger partial charge is 0.507 e. The van der Waals surface area contributed by atoms with Crippen LogP contribution in [0.25, 0.3) is 0 Å². The van der Waals surface area contributed by atoms with Crippen LogP contribution in [-0.4, -0.2) is 11.0 Å². The van der Waals surface area contributed by atoms with Crippen molar-refractivity contribution in [3.63, 3.8) is 0 Å². The van der Waals surface area contributed by atoms with Gasteiger partial charge >= 0.3 is 5.92 Å². The number of alkyl halides is 2. The van der Waals surface area contributed by atoms with E-state index in [9.17, 15) is 13.2 Å². The fourth-order valence-electron chi connectivity index (χ4n) is 0.983. The first-order valence-corrected chi connectivity index (χ1v) is 3.93. The quantitative estimate of drug-likeness (QED) is 0.747. The molecule has 0 fully saturated rings. The number of aliphatic hydroxyl groups is 1. The molecule has 0 saturated heterocycles. The zero-order valence-electron chi connectivity index (χ0n) is 7.30. The maximum atomic E-state index is 12.9. The molecule has 0 aromatic heterocycles. The summed E-state index contributed by atoms with van der Waals surface area (Å²) in [4.78, 5) is 0. The number of hydrogen-bond donors (Lipinski definition) is 1. The molecule has 1 rings (SSSR count). The molecule has 0 atom stereocenters. The summed E-state index contributed by atoms with van der Waals surface area (Å²) >= 11 is 0. The lowest BCUT2D eigenvalue weighted by Gasteiger charge is -2.14. The molecule has 1 aromatic carbocycles. The zero-order valence-corrected chi connectivity index (χ0v) is 7.30. The molecule has 0 bridgehead atoms. The summed E-state index contributed by atoms with van der Waals surface area (Å²) in [6, 6.07) is 5.19. The highest BCUT2D eigenvalue weighted by atomic mass is 19.3. The Morgan fingerprint density at radius 2 is 1.93 bits per heavy atom. The van der Waals surface area contributed by atoms with Crippen LogP contribution in [0.5, 0.6) is 0 Å². The Morgan fingerprint density at radius 3 is 2.43 bits per heavy atom. The smallest absolute Gasteiger partial charge is 0.307 e. The van der Waals surface area contributed by atoms with Crippen LogP contribution in [0.3, 0.4) is 0 Å². The van der Waals surface area contributed by atoms with Crippen LogP contribution in [-0.2, 0) is 6.42 Å². The van der Waals surface area contributed by atoms with E-state index in [2.05, 4.69) is 6.58 Å². The summed E-state index contributed by atoms with van der Waals surface area (Å²) in [5.74, 6) is -5.45. The minimum atomic E-state index is -3.48. The van der Waals surface area contributed by atoms with Crippen LogP contribution in [0.15, 0.2) is 36.6 Å².